The van der Waals surface area contributed by atoms with E-state index in [0.29, 0.717) is 23.4 Å². The Labute approximate surface area is 123 Å². The lowest BCUT2D eigenvalue weighted by Crippen LogP contribution is -2.23. The van der Waals surface area contributed by atoms with Crippen LogP contribution in [0.2, 0.25) is 5.02 Å². The molecule has 0 saturated carbocycles. The molecule has 5 nitrogen and oxygen atoms in total. The zero-order valence-corrected chi connectivity index (χ0v) is 12.3. The van der Waals surface area contributed by atoms with Gasteiger partial charge in [-0.25, -0.2) is 4.98 Å². The average Bonchev–Trinajstić information content (AvgIpc) is 2.46. The Balaban J connectivity index is 2.28. The van der Waals surface area contributed by atoms with E-state index >= 15 is 0 Å². The van der Waals surface area contributed by atoms with Crippen LogP contribution in [0.3, 0.4) is 0 Å². The summed E-state index contributed by atoms with van der Waals surface area (Å²) in [5.74, 6) is 0.656. The van der Waals surface area contributed by atoms with Crippen molar-refractivity contribution < 1.29 is 4.74 Å². The summed E-state index contributed by atoms with van der Waals surface area (Å²) in [6.45, 7) is 3.47. The molecule has 6 heteroatoms. The Morgan fingerprint density at radius 1 is 1.40 bits per heavy atom. The summed E-state index contributed by atoms with van der Waals surface area (Å²) in [5.41, 5.74) is 7.64. The molecule has 0 unspecified atom stereocenters. The van der Waals surface area contributed by atoms with Crippen LogP contribution >= 0.6 is 11.6 Å². The highest BCUT2D eigenvalue weighted by molar-refractivity contribution is 6.32. The maximum absolute atomic E-state index is 6.18. The first kappa shape index (κ1) is 14.4. The summed E-state index contributed by atoms with van der Waals surface area (Å²) in [5, 5.41) is 0.497. The van der Waals surface area contributed by atoms with Crippen molar-refractivity contribution in [1.82, 2.24) is 9.97 Å². The first-order valence-corrected chi connectivity index (χ1v) is 6.67. The van der Waals surface area contributed by atoms with Gasteiger partial charge in [0.2, 0.25) is 0 Å². The van der Waals surface area contributed by atoms with Gasteiger partial charge in [0.25, 0.3) is 0 Å². The molecule has 0 bridgehead atoms. The van der Waals surface area contributed by atoms with Crippen LogP contribution in [-0.2, 0) is 6.54 Å². The number of methoxy groups -OCH3 is 1. The van der Waals surface area contributed by atoms with E-state index in [1.54, 1.807) is 6.20 Å². The Morgan fingerprint density at radius 3 is 2.85 bits per heavy atom. The Kier molecular flexibility index (Phi) is 4.63. The van der Waals surface area contributed by atoms with Crippen LogP contribution in [0, 0.1) is 0 Å². The smallest absolute Gasteiger partial charge is 0.318 e. The zero-order valence-electron chi connectivity index (χ0n) is 11.5. The number of nitrogens with zero attached hydrogens (tertiary/aromatic N) is 3. The molecule has 0 fully saturated rings. The van der Waals surface area contributed by atoms with Gasteiger partial charge in [0.1, 0.15) is 5.02 Å². The molecule has 0 radical (unpaired) electrons. The molecule has 2 aromatic rings. The molecule has 2 rings (SSSR count). The lowest BCUT2D eigenvalue weighted by atomic mass is 10.2. The van der Waals surface area contributed by atoms with Crippen LogP contribution in [-0.4, -0.2) is 23.6 Å². The first-order valence-electron chi connectivity index (χ1n) is 6.30. The van der Waals surface area contributed by atoms with Gasteiger partial charge in [0.15, 0.2) is 5.82 Å². The second-order valence-electron chi connectivity index (χ2n) is 4.29. The van der Waals surface area contributed by atoms with Crippen molar-refractivity contribution >= 4 is 23.1 Å². The molecular weight excluding hydrogens is 276 g/mol. The molecule has 0 spiro atoms. The van der Waals surface area contributed by atoms with Crippen molar-refractivity contribution in [2.45, 2.75) is 13.5 Å². The largest absolute Gasteiger partial charge is 0.467 e. The quantitative estimate of drug-likeness (QED) is 0.859. The van der Waals surface area contributed by atoms with E-state index in [2.05, 4.69) is 9.97 Å². The SMILES string of the molecule is CCN(Cc1cccc(N)c1)c1nc(OC)ncc1Cl. The number of benzene rings is 1. The Morgan fingerprint density at radius 2 is 2.20 bits per heavy atom. The number of hydrogen-bond donors (Lipinski definition) is 1. The first-order chi connectivity index (χ1) is 9.63. The number of rotatable bonds is 5. The second kappa shape index (κ2) is 6.43. The van der Waals surface area contributed by atoms with Gasteiger partial charge in [-0.3, -0.25) is 0 Å². The molecule has 0 saturated heterocycles. The van der Waals surface area contributed by atoms with E-state index in [1.165, 1.54) is 7.11 Å². The molecule has 1 aromatic heterocycles. The van der Waals surface area contributed by atoms with Crippen LogP contribution in [0.4, 0.5) is 11.5 Å². The maximum atomic E-state index is 6.18. The Hall–Kier alpha value is -2.01. The topological polar surface area (TPSA) is 64.3 Å². The highest BCUT2D eigenvalue weighted by atomic mass is 35.5. The highest BCUT2D eigenvalue weighted by Gasteiger charge is 2.13. The van der Waals surface area contributed by atoms with Crippen molar-refractivity contribution in [2.24, 2.45) is 0 Å². The summed E-state index contributed by atoms with van der Waals surface area (Å²) < 4.78 is 5.05. The van der Waals surface area contributed by atoms with Gasteiger partial charge in [-0.15, -0.1) is 0 Å². The second-order valence-corrected chi connectivity index (χ2v) is 4.69. The number of ether oxygens (including phenoxy) is 1. The third kappa shape index (κ3) is 3.30. The predicted molar refractivity (Wildman–Crippen MR) is 81.2 cm³/mol. The number of halogens is 1. The molecule has 0 atom stereocenters. The maximum Gasteiger partial charge on any atom is 0.318 e. The standard InChI is InChI=1S/C14H17ClN4O/c1-3-19(9-10-5-4-6-11(16)7-10)13-12(15)8-17-14(18-13)20-2/h4-8H,3,9,16H2,1-2H3. The van der Waals surface area contributed by atoms with Crippen molar-refractivity contribution in [3.63, 3.8) is 0 Å². The van der Waals surface area contributed by atoms with Crippen LogP contribution < -0.4 is 15.4 Å². The lowest BCUT2D eigenvalue weighted by Gasteiger charge is -2.23. The van der Waals surface area contributed by atoms with Crippen LogP contribution in [0.1, 0.15) is 12.5 Å². The normalized spacial score (nSPS) is 10.3. The molecule has 2 N–H and O–H groups in total. The van der Waals surface area contributed by atoms with Gasteiger partial charge in [-0.2, -0.15) is 4.98 Å². The third-order valence-electron chi connectivity index (χ3n) is 2.89. The van der Waals surface area contributed by atoms with E-state index in [-0.39, 0.29) is 0 Å². The van der Waals surface area contributed by atoms with Gasteiger partial charge in [0, 0.05) is 18.8 Å². The summed E-state index contributed by atoms with van der Waals surface area (Å²) in [6.07, 6.45) is 1.55. The number of aromatic nitrogens is 2. The van der Waals surface area contributed by atoms with Gasteiger partial charge >= 0.3 is 6.01 Å². The van der Waals surface area contributed by atoms with Crippen LogP contribution in [0.5, 0.6) is 6.01 Å². The molecular formula is C14H17ClN4O. The summed E-state index contributed by atoms with van der Waals surface area (Å²) in [4.78, 5) is 10.3. The molecule has 20 heavy (non-hydrogen) atoms. The monoisotopic (exact) mass is 292 g/mol. The molecule has 106 valence electrons. The van der Waals surface area contributed by atoms with Gasteiger partial charge in [-0.1, -0.05) is 23.7 Å². The van der Waals surface area contributed by atoms with Crippen LogP contribution in [0.15, 0.2) is 30.5 Å². The van der Waals surface area contributed by atoms with Gasteiger partial charge < -0.3 is 15.4 Å². The molecule has 0 amide bonds. The van der Waals surface area contributed by atoms with Gasteiger partial charge in [0.05, 0.1) is 13.3 Å². The number of anilines is 2. The number of hydrogen-bond acceptors (Lipinski definition) is 5. The Bertz CT molecular complexity index is 591. The summed E-state index contributed by atoms with van der Waals surface area (Å²) in [7, 11) is 1.53. The average molecular weight is 293 g/mol. The fraction of sp³-hybridized carbons (Fsp3) is 0.286. The van der Waals surface area contributed by atoms with E-state index < -0.39 is 0 Å². The van der Waals surface area contributed by atoms with E-state index in [4.69, 9.17) is 22.1 Å². The van der Waals surface area contributed by atoms with Crippen molar-refractivity contribution in [2.75, 3.05) is 24.3 Å². The minimum atomic E-state index is 0.301. The zero-order chi connectivity index (χ0) is 14.5. The molecule has 0 aliphatic heterocycles. The van der Waals surface area contributed by atoms with Crippen molar-refractivity contribution in [3.8, 4) is 6.01 Å². The van der Waals surface area contributed by atoms with E-state index in [1.807, 2.05) is 36.1 Å². The molecule has 1 heterocycles. The minimum absolute atomic E-state index is 0.301. The summed E-state index contributed by atoms with van der Waals surface area (Å²) >= 11 is 6.18. The third-order valence-corrected chi connectivity index (χ3v) is 3.16. The fourth-order valence-electron chi connectivity index (χ4n) is 1.91. The minimum Gasteiger partial charge on any atom is -0.467 e. The van der Waals surface area contributed by atoms with Crippen LogP contribution in [0.25, 0.3) is 0 Å². The van der Waals surface area contributed by atoms with Crippen molar-refractivity contribution in [3.05, 3.63) is 41.0 Å². The van der Waals surface area contributed by atoms with E-state index in [0.717, 1.165) is 17.8 Å². The van der Waals surface area contributed by atoms with Crippen molar-refractivity contribution in [1.29, 1.82) is 0 Å². The number of nitrogen functional groups attached to an aromatic ring is 1. The molecule has 0 aliphatic carbocycles. The summed E-state index contributed by atoms with van der Waals surface area (Å²) in [6, 6.07) is 8.05. The molecule has 0 aliphatic rings. The highest BCUT2D eigenvalue weighted by Crippen LogP contribution is 2.25. The predicted octanol–water partition coefficient (Wildman–Crippen LogP) is 2.75. The fourth-order valence-corrected chi connectivity index (χ4v) is 2.12. The molecule has 1 aromatic carbocycles. The van der Waals surface area contributed by atoms with Gasteiger partial charge in [-0.05, 0) is 24.6 Å². The lowest BCUT2D eigenvalue weighted by molar-refractivity contribution is 0.379. The number of nitrogens with two attached hydrogens (primary N) is 1. The van der Waals surface area contributed by atoms with E-state index in [9.17, 15) is 0 Å².